The highest BCUT2D eigenvalue weighted by Gasteiger charge is 2.18. The van der Waals surface area contributed by atoms with Crippen LogP contribution in [0.5, 0.6) is 0 Å². The Kier molecular flexibility index (Phi) is 7.47. The van der Waals surface area contributed by atoms with Crippen molar-refractivity contribution in [1.29, 1.82) is 0 Å². The lowest BCUT2D eigenvalue weighted by Gasteiger charge is -2.23. The fraction of sp³-hybridized carbons (Fsp3) is 0.533. The lowest BCUT2D eigenvalue weighted by molar-refractivity contribution is 0.0930. The fourth-order valence-electron chi connectivity index (χ4n) is 2.41. The number of carbonyl (C=O) groups is 1. The second kappa shape index (κ2) is 8.63. The number of benzene rings is 1. The van der Waals surface area contributed by atoms with E-state index >= 15 is 0 Å². The molecule has 3 N–H and O–H groups in total. The van der Waals surface area contributed by atoms with Gasteiger partial charge < -0.3 is 10.6 Å². The summed E-state index contributed by atoms with van der Waals surface area (Å²) in [5, 5.41) is 6.20. The normalized spacial score (nSPS) is 18.3. The van der Waals surface area contributed by atoms with Crippen LogP contribution in [-0.2, 0) is 10.0 Å². The van der Waals surface area contributed by atoms with Crippen molar-refractivity contribution in [2.75, 3.05) is 13.1 Å². The summed E-state index contributed by atoms with van der Waals surface area (Å²) in [6, 6.07) is 5.96. The number of piperidine rings is 1. The first kappa shape index (κ1) is 19.9. The van der Waals surface area contributed by atoms with Crippen molar-refractivity contribution in [3.05, 3.63) is 29.8 Å². The third kappa shape index (κ3) is 5.76. The number of halogens is 1. The molecule has 1 fully saturated rings. The molecule has 2 rings (SSSR count). The van der Waals surface area contributed by atoms with Gasteiger partial charge in [-0.2, -0.15) is 0 Å². The van der Waals surface area contributed by atoms with Gasteiger partial charge in [-0.1, -0.05) is 0 Å². The SMILES string of the molecule is CC(C)NS(=O)(=O)c1ccc(C(=O)N[C@H]2CCCNC2)cc1.Cl. The smallest absolute Gasteiger partial charge is 0.251 e. The molecule has 1 aliphatic rings. The molecule has 1 atom stereocenters. The molecule has 0 unspecified atom stereocenters. The number of hydrogen-bond acceptors (Lipinski definition) is 4. The minimum Gasteiger partial charge on any atom is -0.348 e. The highest BCUT2D eigenvalue weighted by atomic mass is 35.5. The monoisotopic (exact) mass is 361 g/mol. The maximum atomic E-state index is 12.1. The summed E-state index contributed by atoms with van der Waals surface area (Å²) in [6.07, 6.45) is 2.01. The highest BCUT2D eigenvalue weighted by molar-refractivity contribution is 7.89. The molecule has 0 bridgehead atoms. The van der Waals surface area contributed by atoms with Crippen LogP contribution in [0.4, 0.5) is 0 Å². The summed E-state index contributed by atoms with van der Waals surface area (Å²) < 4.78 is 26.6. The lowest BCUT2D eigenvalue weighted by Crippen LogP contribution is -2.45. The minimum atomic E-state index is -3.52. The van der Waals surface area contributed by atoms with Crippen molar-refractivity contribution in [2.24, 2.45) is 0 Å². The van der Waals surface area contributed by atoms with Gasteiger partial charge in [0.2, 0.25) is 10.0 Å². The molecule has 0 radical (unpaired) electrons. The zero-order valence-corrected chi connectivity index (χ0v) is 15.0. The van der Waals surface area contributed by atoms with Crippen molar-refractivity contribution in [3.63, 3.8) is 0 Å². The van der Waals surface area contributed by atoms with Gasteiger partial charge in [-0.15, -0.1) is 12.4 Å². The lowest BCUT2D eigenvalue weighted by atomic mass is 10.1. The predicted octanol–water partition coefficient (Wildman–Crippen LogP) is 1.28. The van der Waals surface area contributed by atoms with Gasteiger partial charge in [-0.25, -0.2) is 13.1 Å². The molecule has 1 aromatic carbocycles. The standard InChI is InChI=1S/C15H23N3O3S.ClH/c1-11(2)18-22(20,21)14-7-5-12(6-8-14)15(19)17-13-4-3-9-16-10-13;/h5-8,11,13,16,18H,3-4,9-10H2,1-2H3,(H,17,19);1H/t13-;/m0./s1. The minimum absolute atomic E-state index is 0. The number of carbonyl (C=O) groups excluding carboxylic acids is 1. The molecule has 1 aliphatic heterocycles. The first-order valence-electron chi connectivity index (χ1n) is 7.52. The van der Waals surface area contributed by atoms with Gasteiger partial charge >= 0.3 is 0 Å². The Balaban J connectivity index is 0.00000264. The molecular weight excluding hydrogens is 338 g/mol. The van der Waals surface area contributed by atoms with Crippen LogP contribution in [0.3, 0.4) is 0 Å². The fourth-order valence-corrected chi connectivity index (χ4v) is 3.66. The Hall–Kier alpha value is -1.15. The topological polar surface area (TPSA) is 87.3 Å². The highest BCUT2D eigenvalue weighted by Crippen LogP contribution is 2.12. The summed E-state index contributed by atoms with van der Waals surface area (Å²) in [6.45, 7) is 5.29. The van der Waals surface area contributed by atoms with Crippen LogP contribution in [0.25, 0.3) is 0 Å². The summed E-state index contributed by atoms with van der Waals surface area (Å²) in [7, 11) is -3.52. The van der Waals surface area contributed by atoms with Gasteiger partial charge in [0.05, 0.1) is 4.90 Å². The van der Waals surface area contributed by atoms with E-state index in [1.807, 2.05) is 0 Å². The Morgan fingerprint density at radius 2 is 1.91 bits per heavy atom. The van der Waals surface area contributed by atoms with Crippen molar-refractivity contribution in [1.82, 2.24) is 15.4 Å². The van der Waals surface area contributed by atoms with E-state index in [4.69, 9.17) is 0 Å². The Morgan fingerprint density at radius 3 is 2.43 bits per heavy atom. The van der Waals surface area contributed by atoms with Gasteiger partial charge in [0.1, 0.15) is 0 Å². The quantitative estimate of drug-likeness (QED) is 0.737. The summed E-state index contributed by atoms with van der Waals surface area (Å²) in [5.74, 6) is -0.172. The maximum absolute atomic E-state index is 12.1. The first-order valence-corrected chi connectivity index (χ1v) is 9.01. The van der Waals surface area contributed by atoms with E-state index < -0.39 is 10.0 Å². The van der Waals surface area contributed by atoms with Crippen LogP contribution in [0.15, 0.2) is 29.2 Å². The Bertz CT molecular complexity index is 611. The summed E-state index contributed by atoms with van der Waals surface area (Å²) >= 11 is 0. The van der Waals surface area contributed by atoms with E-state index in [2.05, 4.69) is 15.4 Å². The molecule has 0 aromatic heterocycles. The third-order valence-electron chi connectivity index (χ3n) is 3.45. The van der Waals surface area contributed by atoms with Crippen molar-refractivity contribution in [3.8, 4) is 0 Å². The second-order valence-corrected chi connectivity index (χ2v) is 7.53. The van der Waals surface area contributed by atoms with E-state index in [-0.39, 0.29) is 35.3 Å². The van der Waals surface area contributed by atoms with E-state index in [0.29, 0.717) is 5.56 Å². The Labute approximate surface area is 143 Å². The first-order chi connectivity index (χ1) is 10.4. The largest absolute Gasteiger partial charge is 0.348 e. The number of sulfonamides is 1. The van der Waals surface area contributed by atoms with E-state index in [0.717, 1.165) is 25.9 Å². The van der Waals surface area contributed by atoms with Crippen LogP contribution >= 0.6 is 12.4 Å². The van der Waals surface area contributed by atoms with Crippen LogP contribution in [-0.4, -0.2) is 39.5 Å². The molecule has 0 saturated carbocycles. The second-order valence-electron chi connectivity index (χ2n) is 5.82. The molecule has 1 heterocycles. The molecule has 1 aromatic rings. The number of rotatable bonds is 5. The molecule has 0 spiro atoms. The average molecular weight is 362 g/mol. The molecule has 0 aliphatic carbocycles. The zero-order valence-electron chi connectivity index (χ0n) is 13.3. The number of amides is 1. The van der Waals surface area contributed by atoms with Crippen molar-refractivity contribution >= 4 is 28.3 Å². The van der Waals surface area contributed by atoms with Crippen LogP contribution in [0.2, 0.25) is 0 Å². The van der Waals surface area contributed by atoms with E-state index in [1.54, 1.807) is 26.0 Å². The van der Waals surface area contributed by atoms with Gasteiger partial charge in [0, 0.05) is 24.2 Å². The molecular formula is C15H24ClN3O3S. The molecule has 6 nitrogen and oxygen atoms in total. The van der Waals surface area contributed by atoms with Gasteiger partial charge in [0.15, 0.2) is 0 Å². The average Bonchev–Trinajstić information content (AvgIpc) is 2.47. The Morgan fingerprint density at radius 1 is 1.26 bits per heavy atom. The van der Waals surface area contributed by atoms with E-state index in [1.165, 1.54) is 12.1 Å². The van der Waals surface area contributed by atoms with E-state index in [9.17, 15) is 13.2 Å². The summed E-state index contributed by atoms with van der Waals surface area (Å²) in [5.41, 5.74) is 0.467. The number of nitrogens with one attached hydrogen (secondary N) is 3. The van der Waals surface area contributed by atoms with Gasteiger partial charge in [-0.3, -0.25) is 4.79 Å². The molecule has 1 amide bonds. The van der Waals surface area contributed by atoms with Crippen molar-refractivity contribution in [2.45, 2.75) is 43.7 Å². The predicted molar refractivity (Wildman–Crippen MR) is 92.5 cm³/mol. The van der Waals surface area contributed by atoms with Crippen LogP contribution in [0.1, 0.15) is 37.0 Å². The van der Waals surface area contributed by atoms with Gasteiger partial charge in [-0.05, 0) is 57.5 Å². The van der Waals surface area contributed by atoms with Crippen LogP contribution < -0.4 is 15.4 Å². The van der Waals surface area contributed by atoms with Crippen LogP contribution in [0, 0.1) is 0 Å². The molecule has 8 heteroatoms. The third-order valence-corrected chi connectivity index (χ3v) is 5.12. The van der Waals surface area contributed by atoms with Gasteiger partial charge in [0.25, 0.3) is 5.91 Å². The molecule has 1 saturated heterocycles. The molecule has 23 heavy (non-hydrogen) atoms. The summed E-state index contributed by atoms with van der Waals surface area (Å²) in [4.78, 5) is 12.3. The molecule has 130 valence electrons. The zero-order chi connectivity index (χ0) is 16.2. The number of hydrogen-bond donors (Lipinski definition) is 3. The van der Waals surface area contributed by atoms with Crippen molar-refractivity contribution < 1.29 is 13.2 Å². The maximum Gasteiger partial charge on any atom is 0.251 e.